The minimum absolute atomic E-state index is 0.0247. The maximum atomic E-state index is 12.3. The summed E-state index contributed by atoms with van der Waals surface area (Å²) >= 11 is 5.97. The Morgan fingerprint density at radius 2 is 1.84 bits per heavy atom. The van der Waals surface area contributed by atoms with Crippen molar-refractivity contribution in [2.45, 2.75) is 12.8 Å². The third kappa shape index (κ3) is 2.85. The second-order valence-electron chi connectivity index (χ2n) is 6.05. The summed E-state index contributed by atoms with van der Waals surface area (Å²) in [4.78, 5) is 16.7. The number of nitrogens with one attached hydrogen (secondary N) is 2. The molecular weight excluding hydrogens is 334 g/mol. The minimum Gasteiger partial charge on any atom is -0.301 e. The van der Waals surface area contributed by atoms with E-state index in [4.69, 9.17) is 11.6 Å². The van der Waals surface area contributed by atoms with E-state index in [0.717, 1.165) is 28.1 Å². The van der Waals surface area contributed by atoms with Crippen LogP contribution >= 0.6 is 11.6 Å². The number of nitrogens with zero attached hydrogens (tertiary/aromatic N) is 1. The number of allylic oxidation sites excluding steroid dienone is 1. The van der Waals surface area contributed by atoms with Crippen molar-refractivity contribution in [1.82, 2.24) is 10.2 Å². The zero-order valence-electron chi connectivity index (χ0n) is 13.6. The molecular formula is C20H16ClN3O. The van der Waals surface area contributed by atoms with Crippen LogP contribution in [0, 0.1) is 0 Å². The van der Waals surface area contributed by atoms with E-state index in [2.05, 4.69) is 22.1 Å². The van der Waals surface area contributed by atoms with Gasteiger partial charge in [-0.1, -0.05) is 48.9 Å². The number of H-pyrrole nitrogens is 2. The normalized spacial score (nSPS) is 15.5. The average Bonchev–Trinajstić information content (AvgIpc) is 3.20. The molecule has 0 spiro atoms. The Morgan fingerprint density at radius 3 is 2.64 bits per heavy atom. The van der Waals surface area contributed by atoms with Gasteiger partial charge >= 0.3 is 0 Å². The molecule has 4 rings (SSSR count). The smallest absolute Gasteiger partial charge is 0.271 e. The molecule has 0 saturated heterocycles. The number of benzene rings is 2. The largest absolute Gasteiger partial charge is 0.301 e. The summed E-state index contributed by atoms with van der Waals surface area (Å²) in [5.74, 6) is 0.0247. The van der Waals surface area contributed by atoms with Crippen LogP contribution in [0.5, 0.6) is 0 Å². The van der Waals surface area contributed by atoms with Gasteiger partial charge in [-0.25, -0.2) is 0 Å². The fraction of sp³-hybridized carbons (Fsp3) is 0.100. The second-order valence-corrected chi connectivity index (χ2v) is 6.49. The van der Waals surface area contributed by atoms with Gasteiger partial charge in [0.1, 0.15) is 0 Å². The summed E-state index contributed by atoms with van der Waals surface area (Å²) in [6, 6.07) is 15.6. The van der Waals surface area contributed by atoms with E-state index in [1.165, 1.54) is 0 Å². The molecule has 1 aromatic heterocycles. The highest BCUT2D eigenvalue weighted by molar-refractivity contribution is 6.30. The number of rotatable bonds is 3. The molecule has 1 unspecified atom stereocenters. The molecule has 5 heteroatoms. The van der Waals surface area contributed by atoms with Gasteiger partial charge in [-0.05, 0) is 29.8 Å². The van der Waals surface area contributed by atoms with Crippen molar-refractivity contribution in [3.05, 3.63) is 86.3 Å². The third-order valence-electron chi connectivity index (χ3n) is 4.51. The van der Waals surface area contributed by atoms with Crippen molar-refractivity contribution in [2.75, 3.05) is 0 Å². The summed E-state index contributed by atoms with van der Waals surface area (Å²) in [6.07, 6.45) is 3.69. The van der Waals surface area contributed by atoms with Gasteiger partial charge in [0.2, 0.25) is 0 Å². The maximum Gasteiger partial charge on any atom is 0.271 e. The Bertz CT molecular complexity index is 1040. The van der Waals surface area contributed by atoms with E-state index in [9.17, 15) is 4.79 Å². The molecule has 0 amide bonds. The van der Waals surface area contributed by atoms with E-state index >= 15 is 0 Å². The van der Waals surface area contributed by atoms with Crippen LogP contribution < -0.4 is 5.56 Å². The number of fused-ring (bicyclic) bond motifs is 1. The Balaban J connectivity index is 1.77. The SMILES string of the molecule is CC(c1ccc(Cl)cc1)c1[nH][nH]c(=O)c1C=C1C=Nc2ccccc21. The lowest BCUT2D eigenvalue weighted by atomic mass is 9.94. The quantitative estimate of drug-likeness (QED) is 0.703. The minimum atomic E-state index is -0.138. The summed E-state index contributed by atoms with van der Waals surface area (Å²) in [7, 11) is 0. The van der Waals surface area contributed by atoms with Crippen LogP contribution in [0.4, 0.5) is 5.69 Å². The third-order valence-corrected chi connectivity index (χ3v) is 4.76. The first-order valence-electron chi connectivity index (χ1n) is 8.04. The molecule has 0 radical (unpaired) electrons. The van der Waals surface area contributed by atoms with Crippen molar-refractivity contribution in [3.63, 3.8) is 0 Å². The van der Waals surface area contributed by atoms with E-state index in [0.29, 0.717) is 10.6 Å². The van der Waals surface area contributed by atoms with Crippen LogP contribution in [-0.2, 0) is 0 Å². The number of halogens is 1. The number of para-hydroxylation sites is 1. The highest BCUT2D eigenvalue weighted by atomic mass is 35.5. The number of aliphatic imine (C=N–C) groups is 1. The fourth-order valence-corrected chi connectivity index (χ4v) is 3.22. The standard InChI is InChI=1S/C20H16ClN3O/c1-12(13-6-8-15(21)9-7-13)19-17(20(25)24-23-19)10-14-11-22-18-5-3-2-4-16(14)18/h2-12H,1H3,(H2,23,24,25). The van der Waals surface area contributed by atoms with Crippen molar-refractivity contribution < 1.29 is 0 Å². The molecule has 2 aromatic carbocycles. The molecule has 1 atom stereocenters. The lowest BCUT2D eigenvalue weighted by Gasteiger charge is -2.11. The molecule has 1 aliphatic heterocycles. The fourth-order valence-electron chi connectivity index (χ4n) is 3.09. The Kier molecular flexibility index (Phi) is 3.90. The molecule has 124 valence electrons. The van der Waals surface area contributed by atoms with Crippen LogP contribution in [-0.4, -0.2) is 16.4 Å². The van der Waals surface area contributed by atoms with Crippen molar-refractivity contribution in [2.24, 2.45) is 4.99 Å². The van der Waals surface area contributed by atoms with Gasteiger partial charge < -0.3 is 5.10 Å². The van der Waals surface area contributed by atoms with Gasteiger partial charge in [-0.15, -0.1) is 0 Å². The second kappa shape index (κ2) is 6.22. The first-order chi connectivity index (χ1) is 12.1. The highest BCUT2D eigenvalue weighted by Gasteiger charge is 2.19. The predicted molar refractivity (Wildman–Crippen MR) is 103 cm³/mol. The van der Waals surface area contributed by atoms with E-state index in [1.54, 1.807) is 6.21 Å². The van der Waals surface area contributed by atoms with Crippen molar-refractivity contribution >= 4 is 35.2 Å². The maximum absolute atomic E-state index is 12.3. The van der Waals surface area contributed by atoms with Gasteiger partial charge in [0.15, 0.2) is 0 Å². The van der Waals surface area contributed by atoms with Crippen LogP contribution in [0.3, 0.4) is 0 Å². The summed E-state index contributed by atoms with van der Waals surface area (Å²) in [6.45, 7) is 2.06. The number of aromatic amines is 2. The number of hydrogen-bond acceptors (Lipinski definition) is 2. The van der Waals surface area contributed by atoms with Crippen LogP contribution in [0.2, 0.25) is 5.02 Å². The van der Waals surface area contributed by atoms with E-state index < -0.39 is 0 Å². The monoisotopic (exact) mass is 349 g/mol. The van der Waals surface area contributed by atoms with Gasteiger partial charge in [0.05, 0.1) is 16.9 Å². The summed E-state index contributed by atoms with van der Waals surface area (Å²) < 4.78 is 0. The molecule has 2 N–H and O–H groups in total. The lowest BCUT2D eigenvalue weighted by molar-refractivity contribution is 0.851. The van der Waals surface area contributed by atoms with E-state index in [1.807, 2.05) is 54.6 Å². The van der Waals surface area contributed by atoms with Gasteiger partial charge in [-0.3, -0.25) is 14.9 Å². The van der Waals surface area contributed by atoms with Crippen LogP contribution in [0.15, 0.2) is 58.3 Å². The highest BCUT2D eigenvalue weighted by Crippen LogP contribution is 2.33. The molecule has 1 aliphatic rings. The zero-order valence-corrected chi connectivity index (χ0v) is 14.3. The topological polar surface area (TPSA) is 61.0 Å². The molecule has 2 heterocycles. The molecule has 3 aromatic rings. The molecule has 0 fully saturated rings. The lowest BCUT2D eigenvalue weighted by Crippen LogP contribution is -2.05. The Morgan fingerprint density at radius 1 is 1.08 bits per heavy atom. The molecule has 0 saturated carbocycles. The van der Waals surface area contributed by atoms with Crippen LogP contribution in [0.1, 0.15) is 35.2 Å². The first-order valence-corrected chi connectivity index (χ1v) is 8.42. The van der Waals surface area contributed by atoms with Crippen molar-refractivity contribution in [1.29, 1.82) is 0 Å². The number of hydrogen-bond donors (Lipinski definition) is 2. The summed E-state index contributed by atoms with van der Waals surface area (Å²) in [5, 5.41) is 6.42. The molecule has 25 heavy (non-hydrogen) atoms. The van der Waals surface area contributed by atoms with Gasteiger partial charge in [0, 0.05) is 28.3 Å². The molecule has 4 nitrogen and oxygen atoms in total. The molecule has 0 aliphatic carbocycles. The first kappa shape index (κ1) is 15.7. The molecule has 0 bridgehead atoms. The Hall–Kier alpha value is -2.85. The Labute approximate surface area is 149 Å². The number of aromatic nitrogens is 2. The predicted octanol–water partition coefficient (Wildman–Crippen LogP) is 4.76. The zero-order chi connectivity index (χ0) is 17.4. The summed E-state index contributed by atoms with van der Waals surface area (Å²) in [5.41, 5.74) is 5.31. The van der Waals surface area contributed by atoms with Crippen LogP contribution in [0.25, 0.3) is 11.6 Å². The van der Waals surface area contributed by atoms with E-state index in [-0.39, 0.29) is 11.5 Å². The van der Waals surface area contributed by atoms with Crippen molar-refractivity contribution in [3.8, 4) is 0 Å². The van der Waals surface area contributed by atoms with Gasteiger partial charge in [0.25, 0.3) is 5.56 Å². The van der Waals surface area contributed by atoms with Gasteiger partial charge in [-0.2, -0.15) is 0 Å². The average molecular weight is 350 g/mol.